The Hall–Kier alpha value is -1.98. The van der Waals surface area contributed by atoms with Crippen LogP contribution in [-0.4, -0.2) is 31.4 Å². The molecule has 3 nitrogen and oxygen atoms in total. The number of likely N-dealkylation sites (N-methyl/N-ethyl adjacent to an activating group) is 1. The molecule has 0 radical (unpaired) electrons. The van der Waals surface area contributed by atoms with Crippen molar-refractivity contribution in [1.82, 2.24) is 10.2 Å². The predicted octanol–water partition coefficient (Wildman–Crippen LogP) is 3.32. The van der Waals surface area contributed by atoms with Gasteiger partial charge in [-0.3, -0.25) is 4.79 Å². The van der Waals surface area contributed by atoms with Gasteiger partial charge in [0, 0.05) is 18.2 Å². The second kappa shape index (κ2) is 7.87. The molecule has 1 aromatic heterocycles. The Labute approximate surface area is 134 Å². The predicted molar refractivity (Wildman–Crippen MR) is 89.2 cm³/mol. The summed E-state index contributed by atoms with van der Waals surface area (Å²) in [6.07, 6.45) is 2.85. The molecule has 0 bridgehead atoms. The number of rotatable bonds is 6. The summed E-state index contributed by atoms with van der Waals surface area (Å²) in [6, 6.07) is 8.53. The molecule has 2 aromatic rings. The normalized spacial score (nSPS) is 12.7. The number of halogens is 1. The molecule has 1 N–H and O–H groups in total. The van der Waals surface area contributed by atoms with Crippen molar-refractivity contribution < 1.29 is 9.18 Å². The van der Waals surface area contributed by atoms with E-state index in [1.54, 1.807) is 29.5 Å². The van der Waals surface area contributed by atoms with Gasteiger partial charge in [-0.1, -0.05) is 18.2 Å². The first-order chi connectivity index (χ1) is 10.6. The zero-order chi connectivity index (χ0) is 15.9. The first-order valence-electron chi connectivity index (χ1n) is 6.97. The molecule has 1 unspecified atom stereocenters. The molecule has 0 saturated carbocycles. The second-order valence-corrected chi connectivity index (χ2v) is 5.92. The van der Waals surface area contributed by atoms with Gasteiger partial charge in [0.1, 0.15) is 5.82 Å². The summed E-state index contributed by atoms with van der Waals surface area (Å²) in [7, 11) is 3.95. The highest BCUT2D eigenvalue weighted by atomic mass is 32.1. The van der Waals surface area contributed by atoms with E-state index in [0.717, 1.165) is 0 Å². The molecule has 0 saturated heterocycles. The van der Waals surface area contributed by atoms with Gasteiger partial charge in [-0.05, 0) is 48.6 Å². The lowest BCUT2D eigenvalue weighted by molar-refractivity contribution is -0.116. The monoisotopic (exact) mass is 318 g/mol. The van der Waals surface area contributed by atoms with Gasteiger partial charge in [-0.2, -0.15) is 11.3 Å². The fourth-order valence-electron chi connectivity index (χ4n) is 2.10. The topological polar surface area (TPSA) is 32.3 Å². The highest BCUT2D eigenvalue weighted by molar-refractivity contribution is 7.07. The summed E-state index contributed by atoms with van der Waals surface area (Å²) >= 11 is 1.63. The van der Waals surface area contributed by atoms with E-state index in [2.05, 4.69) is 21.7 Å². The maximum atomic E-state index is 13.5. The number of hydrogen-bond acceptors (Lipinski definition) is 3. The number of nitrogens with zero attached hydrogens (tertiary/aromatic N) is 1. The number of amides is 1. The van der Waals surface area contributed by atoms with Crippen molar-refractivity contribution in [2.45, 2.75) is 6.04 Å². The van der Waals surface area contributed by atoms with Gasteiger partial charge in [0.15, 0.2) is 0 Å². The number of hydrogen-bond donors (Lipinski definition) is 1. The van der Waals surface area contributed by atoms with Crippen LogP contribution in [-0.2, 0) is 4.79 Å². The summed E-state index contributed by atoms with van der Waals surface area (Å²) in [6.45, 7) is 0.504. The molecule has 0 fully saturated rings. The average Bonchev–Trinajstić information content (AvgIpc) is 3.00. The fourth-order valence-corrected chi connectivity index (χ4v) is 2.80. The smallest absolute Gasteiger partial charge is 0.244 e. The molecule has 1 amide bonds. The number of thiophene rings is 1. The van der Waals surface area contributed by atoms with E-state index >= 15 is 0 Å². The van der Waals surface area contributed by atoms with Gasteiger partial charge in [-0.15, -0.1) is 0 Å². The van der Waals surface area contributed by atoms with Crippen molar-refractivity contribution in [2.24, 2.45) is 0 Å². The molecule has 1 aromatic carbocycles. The summed E-state index contributed by atoms with van der Waals surface area (Å²) in [4.78, 5) is 13.9. The SMILES string of the molecule is CN(C)C(CNC(=O)/C=C/c1ccccc1F)c1ccsc1. The van der Waals surface area contributed by atoms with Crippen LogP contribution in [0.1, 0.15) is 17.2 Å². The van der Waals surface area contributed by atoms with Crippen LogP contribution in [0.25, 0.3) is 6.08 Å². The van der Waals surface area contributed by atoms with Crippen molar-refractivity contribution in [1.29, 1.82) is 0 Å². The molecule has 1 heterocycles. The molecule has 0 spiro atoms. The van der Waals surface area contributed by atoms with Crippen LogP contribution in [0.4, 0.5) is 4.39 Å². The van der Waals surface area contributed by atoms with Crippen LogP contribution in [0.15, 0.2) is 47.2 Å². The highest BCUT2D eigenvalue weighted by Crippen LogP contribution is 2.19. The maximum absolute atomic E-state index is 13.5. The van der Waals surface area contributed by atoms with Crippen LogP contribution >= 0.6 is 11.3 Å². The van der Waals surface area contributed by atoms with Crippen molar-refractivity contribution in [3.8, 4) is 0 Å². The van der Waals surface area contributed by atoms with E-state index in [-0.39, 0.29) is 17.8 Å². The molecule has 2 rings (SSSR count). The lowest BCUT2D eigenvalue weighted by Crippen LogP contribution is -2.33. The molecule has 5 heteroatoms. The lowest BCUT2D eigenvalue weighted by atomic mass is 10.1. The number of carbonyl (C=O) groups is 1. The molecule has 116 valence electrons. The third kappa shape index (κ3) is 4.51. The molecule has 1 atom stereocenters. The van der Waals surface area contributed by atoms with E-state index in [1.807, 2.05) is 19.5 Å². The highest BCUT2D eigenvalue weighted by Gasteiger charge is 2.14. The van der Waals surface area contributed by atoms with Crippen molar-refractivity contribution in [3.05, 3.63) is 64.1 Å². The minimum Gasteiger partial charge on any atom is -0.351 e. The van der Waals surface area contributed by atoms with Crippen LogP contribution in [0.5, 0.6) is 0 Å². The van der Waals surface area contributed by atoms with E-state index in [0.29, 0.717) is 12.1 Å². The Kier molecular flexibility index (Phi) is 5.86. The minimum absolute atomic E-state index is 0.122. The van der Waals surface area contributed by atoms with Crippen molar-refractivity contribution >= 4 is 23.3 Å². The average molecular weight is 318 g/mol. The van der Waals surface area contributed by atoms with Gasteiger partial charge in [0.25, 0.3) is 0 Å². The van der Waals surface area contributed by atoms with Crippen molar-refractivity contribution in [3.63, 3.8) is 0 Å². The lowest BCUT2D eigenvalue weighted by Gasteiger charge is -2.23. The fraction of sp³-hybridized carbons (Fsp3) is 0.235. The van der Waals surface area contributed by atoms with E-state index < -0.39 is 0 Å². The van der Waals surface area contributed by atoms with Crippen molar-refractivity contribution in [2.75, 3.05) is 20.6 Å². The van der Waals surface area contributed by atoms with Crippen LogP contribution in [0, 0.1) is 5.82 Å². The number of carbonyl (C=O) groups excluding carboxylic acids is 1. The molecule has 22 heavy (non-hydrogen) atoms. The first kappa shape index (κ1) is 16.4. The zero-order valence-corrected chi connectivity index (χ0v) is 13.4. The molecular formula is C17H19FN2OS. The summed E-state index contributed by atoms with van der Waals surface area (Å²) < 4.78 is 13.5. The van der Waals surface area contributed by atoms with Gasteiger partial charge >= 0.3 is 0 Å². The third-order valence-corrected chi connectivity index (χ3v) is 4.04. The largest absolute Gasteiger partial charge is 0.351 e. The maximum Gasteiger partial charge on any atom is 0.244 e. The van der Waals surface area contributed by atoms with E-state index in [4.69, 9.17) is 0 Å². The Morgan fingerprint density at radius 3 is 2.77 bits per heavy atom. The van der Waals surface area contributed by atoms with Crippen LogP contribution in [0.3, 0.4) is 0 Å². The van der Waals surface area contributed by atoms with Gasteiger partial charge in [0.05, 0.1) is 6.04 Å². The minimum atomic E-state index is -0.337. The Morgan fingerprint density at radius 1 is 1.36 bits per heavy atom. The van der Waals surface area contributed by atoms with Crippen LogP contribution < -0.4 is 5.32 Å². The summed E-state index contributed by atoms with van der Waals surface area (Å²) in [5.41, 5.74) is 1.58. The summed E-state index contributed by atoms with van der Waals surface area (Å²) in [5, 5.41) is 6.95. The summed E-state index contributed by atoms with van der Waals surface area (Å²) in [5.74, 6) is -0.568. The molecule has 0 aliphatic heterocycles. The zero-order valence-electron chi connectivity index (χ0n) is 12.6. The number of benzene rings is 1. The Bertz CT molecular complexity index is 638. The molecular weight excluding hydrogens is 299 g/mol. The number of nitrogens with one attached hydrogen (secondary N) is 1. The van der Waals surface area contributed by atoms with E-state index in [1.165, 1.54) is 23.8 Å². The first-order valence-corrected chi connectivity index (χ1v) is 7.91. The Balaban J connectivity index is 1.93. The molecule has 0 aliphatic rings. The Morgan fingerprint density at radius 2 is 2.14 bits per heavy atom. The van der Waals surface area contributed by atoms with E-state index in [9.17, 15) is 9.18 Å². The van der Waals surface area contributed by atoms with Gasteiger partial charge < -0.3 is 10.2 Å². The standard InChI is InChI=1S/C17H19FN2OS/c1-20(2)16(14-9-10-22-12-14)11-19-17(21)8-7-13-5-3-4-6-15(13)18/h3-10,12,16H,11H2,1-2H3,(H,19,21)/b8-7+. The quantitative estimate of drug-likeness (QED) is 0.829. The van der Waals surface area contributed by atoms with Crippen LogP contribution in [0.2, 0.25) is 0 Å². The third-order valence-electron chi connectivity index (χ3n) is 3.34. The molecule has 0 aliphatic carbocycles. The van der Waals surface area contributed by atoms with Gasteiger partial charge in [-0.25, -0.2) is 4.39 Å². The second-order valence-electron chi connectivity index (χ2n) is 5.14. The van der Waals surface area contributed by atoms with Gasteiger partial charge in [0.2, 0.25) is 5.91 Å².